The molecule has 2 aromatic rings. The van der Waals surface area contributed by atoms with E-state index in [0.29, 0.717) is 12.2 Å². The molecule has 0 saturated carbocycles. The maximum absolute atomic E-state index is 11.3. The predicted molar refractivity (Wildman–Crippen MR) is 72.3 cm³/mol. The lowest BCUT2D eigenvalue weighted by molar-refractivity contribution is -0.138. The smallest absolute Gasteiger partial charge is 0.326 e. The Morgan fingerprint density at radius 1 is 1.32 bits per heavy atom. The molecule has 1 fully saturated rings. The van der Waals surface area contributed by atoms with E-state index >= 15 is 0 Å². The molecule has 1 atom stereocenters. The van der Waals surface area contributed by atoms with Gasteiger partial charge in [-0.15, -0.1) is 0 Å². The quantitative estimate of drug-likeness (QED) is 0.891. The molecular weight excluding hydrogens is 242 g/mol. The molecule has 1 aromatic carbocycles. The van der Waals surface area contributed by atoms with Gasteiger partial charge in [0.15, 0.2) is 5.82 Å². The molecule has 0 amide bonds. The number of rotatable bonds is 2. The SMILES string of the molecule is Cc1nc2ccccc2nc1N1CCC[C@H]1C(=O)O. The number of aryl methyl sites for hydroxylation is 1. The first kappa shape index (κ1) is 11.9. The van der Waals surface area contributed by atoms with Gasteiger partial charge in [-0.05, 0) is 31.9 Å². The van der Waals surface area contributed by atoms with Crippen LogP contribution in [0.3, 0.4) is 0 Å². The van der Waals surface area contributed by atoms with E-state index in [1.165, 1.54) is 0 Å². The van der Waals surface area contributed by atoms with Gasteiger partial charge in [-0.2, -0.15) is 0 Å². The average Bonchev–Trinajstić information content (AvgIpc) is 2.87. The first-order valence-electron chi connectivity index (χ1n) is 6.39. The Labute approximate surface area is 110 Å². The number of aromatic nitrogens is 2. The molecule has 1 aromatic heterocycles. The summed E-state index contributed by atoms with van der Waals surface area (Å²) in [5, 5.41) is 9.26. The second-order valence-corrected chi connectivity index (χ2v) is 4.81. The molecule has 1 saturated heterocycles. The highest BCUT2D eigenvalue weighted by molar-refractivity contribution is 5.81. The Kier molecular flexibility index (Phi) is 2.81. The number of aliphatic carboxylic acids is 1. The third-order valence-corrected chi connectivity index (χ3v) is 3.53. The van der Waals surface area contributed by atoms with Crippen molar-refractivity contribution in [2.75, 3.05) is 11.4 Å². The fourth-order valence-corrected chi connectivity index (χ4v) is 2.63. The summed E-state index contributed by atoms with van der Waals surface area (Å²) in [6.45, 7) is 2.61. The molecule has 0 spiro atoms. The van der Waals surface area contributed by atoms with Crippen molar-refractivity contribution in [3.05, 3.63) is 30.0 Å². The van der Waals surface area contributed by atoms with Gasteiger partial charge in [0.25, 0.3) is 0 Å². The molecule has 19 heavy (non-hydrogen) atoms. The fraction of sp³-hybridized carbons (Fsp3) is 0.357. The second kappa shape index (κ2) is 4.50. The Hall–Kier alpha value is -2.17. The number of anilines is 1. The number of benzene rings is 1. The van der Waals surface area contributed by atoms with Crippen molar-refractivity contribution in [1.82, 2.24) is 9.97 Å². The minimum atomic E-state index is -0.785. The molecule has 1 aliphatic heterocycles. The minimum absolute atomic E-state index is 0.478. The van der Waals surface area contributed by atoms with Crippen LogP contribution in [0.1, 0.15) is 18.5 Å². The van der Waals surface area contributed by atoms with Crippen LogP contribution in [-0.4, -0.2) is 33.6 Å². The largest absolute Gasteiger partial charge is 0.480 e. The van der Waals surface area contributed by atoms with Crippen molar-refractivity contribution in [1.29, 1.82) is 0 Å². The summed E-state index contributed by atoms with van der Waals surface area (Å²) in [7, 11) is 0. The van der Waals surface area contributed by atoms with Crippen LogP contribution in [0.15, 0.2) is 24.3 Å². The van der Waals surface area contributed by atoms with Crippen LogP contribution >= 0.6 is 0 Å². The number of para-hydroxylation sites is 2. The fourth-order valence-electron chi connectivity index (χ4n) is 2.63. The lowest BCUT2D eigenvalue weighted by Gasteiger charge is -2.23. The summed E-state index contributed by atoms with van der Waals surface area (Å²) in [4.78, 5) is 22.2. The first-order chi connectivity index (χ1) is 9.16. The lowest BCUT2D eigenvalue weighted by Crippen LogP contribution is -2.37. The summed E-state index contributed by atoms with van der Waals surface area (Å²) >= 11 is 0. The predicted octanol–water partition coefficient (Wildman–Crippen LogP) is 1.99. The highest BCUT2D eigenvalue weighted by atomic mass is 16.4. The first-order valence-corrected chi connectivity index (χ1v) is 6.39. The summed E-state index contributed by atoms with van der Waals surface area (Å²) in [5.74, 6) is -0.0875. The third-order valence-electron chi connectivity index (χ3n) is 3.53. The number of fused-ring (bicyclic) bond motifs is 1. The van der Waals surface area contributed by atoms with Gasteiger partial charge in [-0.3, -0.25) is 0 Å². The van der Waals surface area contributed by atoms with Crippen molar-refractivity contribution in [2.45, 2.75) is 25.8 Å². The van der Waals surface area contributed by atoms with E-state index in [1.807, 2.05) is 36.1 Å². The monoisotopic (exact) mass is 257 g/mol. The van der Waals surface area contributed by atoms with E-state index in [1.54, 1.807) is 0 Å². The third kappa shape index (κ3) is 2.01. The van der Waals surface area contributed by atoms with Crippen LogP contribution in [0.4, 0.5) is 5.82 Å². The summed E-state index contributed by atoms with van der Waals surface area (Å²) in [6.07, 6.45) is 1.55. The molecule has 2 heterocycles. The van der Waals surface area contributed by atoms with Gasteiger partial charge in [0.2, 0.25) is 0 Å². The normalized spacial score (nSPS) is 19.0. The van der Waals surface area contributed by atoms with Crippen LogP contribution < -0.4 is 4.90 Å². The molecule has 0 radical (unpaired) electrons. The van der Waals surface area contributed by atoms with Crippen LogP contribution in [0.25, 0.3) is 11.0 Å². The van der Waals surface area contributed by atoms with Gasteiger partial charge in [-0.1, -0.05) is 12.1 Å². The molecule has 1 aliphatic rings. The van der Waals surface area contributed by atoms with Gasteiger partial charge < -0.3 is 10.0 Å². The topological polar surface area (TPSA) is 66.3 Å². The summed E-state index contributed by atoms with van der Waals surface area (Å²) in [5.41, 5.74) is 2.43. The van der Waals surface area contributed by atoms with Crippen molar-refractivity contribution in [2.24, 2.45) is 0 Å². The van der Waals surface area contributed by atoms with Gasteiger partial charge in [-0.25, -0.2) is 14.8 Å². The summed E-state index contributed by atoms with van der Waals surface area (Å²) < 4.78 is 0. The van der Waals surface area contributed by atoms with Crippen molar-refractivity contribution < 1.29 is 9.90 Å². The van der Waals surface area contributed by atoms with Crippen LogP contribution in [0, 0.1) is 6.92 Å². The minimum Gasteiger partial charge on any atom is -0.480 e. The Morgan fingerprint density at radius 2 is 2.00 bits per heavy atom. The number of hydrogen-bond donors (Lipinski definition) is 1. The van der Waals surface area contributed by atoms with Crippen LogP contribution in [0.5, 0.6) is 0 Å². The number of nitrogens with zero attached hydrogens (tertiary/aromatic N) is 3. The Morgan fingerprint density at radius 3 is 2.68 bits per heavy atom. The van der Waals surface area contributed by atoms with E-state index in [4.69, 9.17) is 0 Å². The maximum Gasteiger partial charge on any atom is 0.326 e. The molecule has 0 aliphatic carbocycles. The van der Waals surface area contributed by atoms with Crippen LogP contribution in [0.2, 0.25) is 0 Å². The number of carboxylic acids is 1. The van der Waals surface area contributed by atoms with Crippen molar-refractivity contribution in [3.63, 3.8) is 0 Å². The summed E-state index contributed by atoms with van der Waals surface area (Å²) in [6, 6.07) is 7.17. The molecule has 98 valence electrons. The molecule has 1 N–H and O–H groups in total. The number of carboxylic acid groups (broad SMARTS) is 1. The van der Waals surface area contributed by atoms with E-state index in [-0.39, 0.29) is 0 Å². The lowest BCUT2D eigenvalue weighted by atomic mass is 10.2. The average molecular weight is 257 g/mol. The van der Waals surface area contributed by atoms with E-state index in [0.717, 1.165) is 29.7 Å². The zero-order chi connectivity index (χ0) is 13.4. The van der Waals surface area contributed by atoms with Crippen LogP contribution in [-0.2, 0) is 4.79 Å². The molecule has 5 nitrogen and oxygen atoms in total. The van der Waals surface area contributed by atoms with E-state index in [2.05, 4.69) is 9.97 Å². The highest BCUT2D eigenvalue weighted by Crippen LogP contribution is 2.27. The van der Waals surface area contributed by atoms with Crippen molar-refractivity contribution in [3.8, 4) is 0 Å². The van der Waals surface area contributed by atoms with E-state index in [9.17, 15) is 9.90 Å². The highest BCUT2D eigenvalue weighted by Gasteiger charge is 2.32. The van der Waals surface area contributed by atoms with Crippen molar-refractivity contribution >= 4 is 22.8 Å². The molecule has 3 rings (SSSR count). The molecular formula is C14H15N3O2. The number of hydrogen-bond acceptors (Lipinski definition) is 4. The van der Waals surface area contributed by atoms with Gasteiger partial charge in [0, 0.05) is 6.54 Å². The van der Waals surface area contributed by atoms with Gasteiger partial charge in [0.05, 0.1) is 16.7 Å². The molecule has 5 heteroatoms. The molecule has 0 bridgehead atoms. The standard InChI is InChI=1S/C14H15N3O2/c1-9-13(17-8-4-7-12(17)14(18)19)16-11-6-3-2-5-10(11)15-9/h2-3,5-6,12H,4,7-8H2,1H3,(H,18,19)/t12-/m0/s1. The second-order valence-electron chi connectivity index (χ2n) is 4.81. The Bertz CT molecular complexity index is 642. The number of carbonyl (C=O) groups is 1. The van der Waals surface area contributed by atoms with Gasteiger partial charge >= 0.3 is 5.97 Å². The van der Waals surface area contributed by atoms with E-state index < -0.39 is 12.0 Å². The molecule has 0 unspecified atom stereocenters. The van der Waals surface area contributed by atoms with Gasteiger partial charge in [0.1, 0.15) is 6.04 Å². The maximum atomic E-state index is 11.3. The zero-order valence-corrected chi connectivity index (χ0v) is 10.7. The zero-order valence-electron chi connectivity index (χ0n) is 10.7. The Balaban J connectivity index is 2.09.